The summed E-state index contributed by atoms with van der Waals surface area (Å²) in [7, 11) is 0. The Bertz CT molecular complexity index is 511. The van der Waals surface area contributed by atoms with Crippen molar-refractivity contribution in [3.8, 4) is 5.75 Å². The van der Waals surface area contributed by atoms with E-state index in [1.165, 1.54) is 69.8 Å². The Labute approximate surface area is 141 Å². The summed E-state index contributed by atoms with van der Waals surface area (Å²) in [6, 6.07) is 5.98. The fourth-order valence-electron chi connectivity index (χ4n) is 4.64. The zero-order valence-electron chi connectivity index (χ0n) is 14.7. The maximum atomic E-state index is 10.1. The fraction of sp³-hybridized carbons (Fsp3) is 0.636. The molecule has 2 saturated carbocycles. The monoisotopic (exact) mass is 312 g/mol. The second-order valence-electron chi connectivity index (χ2n) is 7.71. The van der Waals surface area contributed by atoms with E-state index in [4.69, 9.17) is 0 Å². The highest BCUT2D eigenvalue weighted by Gasteiger charge is 2.25. The van der Waals surface area contributed by atoms with Crippen LogP contribution in [0.15, 0.2) is 29.8 Å². The first kappa shape index (κ1) is 16.6. The molecule has 126 valence electrons. The van der Waals surface area contributed by atoms with Crippen molar-refractivity contribution < 1.29 is 5.11 Å². The summed E-state index contributed by atoms with van der Waals surface area (Å²) in [5.41, 5.74) is 4.07. The lowest BCUT2D eigenvalue weighted by molar-refractivity contribution is 0.325. The van der Waals surface area contributed by atoms with Crippen molar-refractivity contribution in [2.24, 2.45) is 11.8 Å². The molecular formula is C22H32O. The van der Waals surface area contributed by atoms with E-state index in [1.54, 1.807) is 5.57 Å². The summed E-state index contributed by atoms with van der Waals surface area (Å²) in [6.07, 6.45) is 17.4. The Balaban J connectivity index is 1.79. The summed E-state index contributed by atoms with van der Waals surface area (Å²) in [6.45, 7) is 2.11. The molecule has 23 heavy (non-hydrogen) atoms. The van der Waals surface area contributed by atoms with Gasteiger partial charge in [0.2, 0.25) is 0 Å². The topological polar surface area (TPSA) is 20.2 Å². The molecule has 0 bridgehead atoms. The van der Waals surface area contributed by atoms with Crippen LogP contribution in [-0.2, 0) is 6.42 Å². The van der Waals surface area contributed by atoms with Gasteiger partial charge in [0.15, 0.2) is 0 Å². The summed E-state index contributed by atoms with van der Waals surface area (Å²) in [4.78, 5) is 0. The average Bonchev–Trinajstić information content (AvgIpc) is 2.60. The summed E-state index contributed by atoms with van der Waals surface area (Å²) in [5.74, 6) is 2.09. The van der Waals surface area contributed by atoms with Gasteiger partial charge in [0, 0.05) is 0 Å². The van der Waals surface area contributed by atoms with Crippen LogP contribution >= 0.6 is 0 Å². The van der Waals surface area contributed by atoms with E-state index in [0.717, 1.165) is 23.8 Å². The molecule has 1 aromatic carbocycles. The quantitative estimate of drug-likeness (QED) is 0.644. The first-order valence-electron chi connectivity index (χ1n) is 9.72. The van der Waals surface area contributed by atoms with Crippen LogP contribution in [0.4, 0.5) is 0 Å². The van der Waals surface area contributed by atoms with Gasteiger partial charge in [0.05, 0.1) is 0 Å². The van der Waals surface area contributed by atoms with E-state index >= 15 is 0 Å². The normalized spacial score (nSPS) is 20.4. The van der Waals surface area contributed by atoms with Crippen LogP contribution < -0.4 is 0 Å². The lowest BCUT2D eigenvalue weighted by Crippen LogP contribution is -2.19. The second-order valence-corrected chi connectivity index (χ2v) is 7.71. The number of aryl methyl sites for hydroxylation is 1. The van der Waals surface area contributed by atoms with Gasteiger partial charge in [-0.2, -0.15) is 0 Å². The Morgan fingerprint density at radius 1 is 0.957 bits per heavy atom. The van der Waals surface area contributed by atoms with Crippen LogP contribution in [0.1, 0.15) is 75.3 Å². The van der Waals surface area contributed by atoms with E-state index in [-0.39, 0.29) is 0 Å². The fourth-order valence-corrected chi connectivity index (χ4v) is 4.64. The lowest BCUT2D eigenvalue weighted by Gasteiger charge is -2.32. The molecule has 2 aliphatic carbocycles. The number of allylic oxidation sites excluding steroid dienone is 2. The third-order valence-corrected chi connectivity index (χ3v) is 5.95. The van der Waals surface area contributed by atoms with Gasteiger partial charge in [0.1, 0.15) is 5.75 Å². The highest BCUT2D eigenvalue weighted by atomic mass is 16.3. The number of hydrogen-bond donors (Lipinski definition) is 1. The van der Waals surface area contributed by atoms with E-state index in [0.29, 0.717) is 5.75 Å². The SMILES string of the molecule is Cc1ccc(O)c(CC=C(C2CCCCC2)C2CCCCC2)c1. The van der Waals surface area contributed by atoms with E-state index < -0.39 is 0 Å². The number of hydrogen-bond acceptors (Lipinski definition) is 1. The third kappa shape index (κ3) is 4.40. The Kier molecular flexibility index (Phi) is 5.80. The number of rotatable bonds is 4. The molecular weight excluding hydrogens is 280 g/mol. The van der Waals surface area contributed by atoms with Crippen molar-refractivity contribution in [1.29, 1.82) is 0 Å². The summed E-state index contributed by atoms with van der Waals surface area (Å²) < 4.78 is 0. The maximum absolute atomic E-state index is 10.1. The number of phenolic OH excluding ortho intramolecular Hbond substituents is 1. The minimum Gasteiger partial charge on any atom is -0.508 e. The first-order chi connectivity index (χ1) is 11.2. The van der Waals surface area contributed by atoms with Crippen LogP contribution in [0.5, 0.6) is 5.75 Å². The van der Waals surface area contributed by atoms with Gasteiger partial charge in [-0.1, -0.05) is 67.9 Å². The van der Waals surface area contributed by atoms with Gasteiger partial charge in [0.25, 0.3) is 0 Å². The standard InChI is InChI=1S/C22H32O/c1-17-12-15-22(23)20(16-17)13-14-21(18-8-4-2-5-9-18)19-10-6-3-7-11-19/h12,14-16,18-19,23H,2-11,13H2,1H3. The molecule has 1 heteroatoms. The molecule has 2 aliphatic rings. The molecule has 1 aromatic rings. The van der Waals surface area contributed by atoms with Crippen LogP contribution in [0.3, 0.4) is 0 Å². The molecule has 0 saturated heterocycles. The van der Waals surface area contributed by atoms with Gasteiger partial charge in [-0.3, -0.25) is 0 Å². The first-order valence-corrected chi connectivity index (χ1v) is 9.72. The number of aromatic hydroxyl groups is 1. The molecule has 0 heterocycles. The number of benzene rings is 1. The van der Waals surface area contributed by atoms with Crippen LogP contribution in [-0.4, -0.2) is 5.11 Å². The molecule has 2 fully saturated rings. The predicted octanol–water partition coefficient (Wildman–Crippen LogP) is 6.33. The van der Waals surface area contributed by atoms with Gasteiger partial charge in [-0.05, 0) is 62.5 Å². The molecule has 0 spiro atoms. The molecule has 3 rings (SSSR count). The molecule has 0 atom stereocenters. The maximum Gasteiger partial charge on any atom is 0.119 e. The molecule has 1 nitrogen and oxygen atoms in total. The van der Waals surface area contributed by atoms with E-state index in [1.807, 2.05) is 12.1 Å². The molecule has 0 amide bonds. The molecule has 0 aromatic heterocycles. The predicted molar refractivity (Wildman–Crippen MR) is 97.8 cm³/mol. The van der Waals surface area contributed by atoms with Crippen molar-refractivity contribution >= 4 is 0 Å². The molecule has 0 radical (unpaired) electrons. The van der Waals surface area contributed by atoms with Crippen molar-refractivity contribution in [3.63, 3.8) is 0 Å². The minimum absolute atomic E-state index is 0.457. The minimum atomic E-state index is 0.457. The Morgan fingerprint density at radius 2 is 1.52 bits per heavy atom. The average molecular weight is 312 g/mol. The van der Waals surface area contributed by atoms with Crippen molar-refractivity contribution in [1.82, 2.24) is 0 Å². The van der Waals surface area contributed by atoms with Crippen molar-refractivity contribution in [2.75, 3.05) is 0 Å². The van der Waals surface area contributed by atoms with Gasteiger partial charge < -0.3 is 5.11 Å². The van der Waals surface area contributed by atoms with Crippen molar-refractivity contribution in [3.05, 3.63) is 41.0 Å². The van der Waals surface area contributed by atoms with Crippen molar-refractivity contribution in [2.45, 2.75) is 77.6 Å². The highest BCUT2D eigenvalue weighted by molar-refractivity contribution is 5.37. The van der Waals surface area contributed by atoms with Crippen LogP contribution in [0, 0.1) is 18.8 Å². The lowest BCUT2D eigenvalue weighted by atomic mass is 9.73. The molecule has 0 aliphatic heterocycles. The zero-order chi connectivity index (χ0) is 16.1. The summed E-state index contributed by atoms with van der Waals surface area (Å²) in [5, 5.41) is 10.1. The summed E-state index contributed by atoms with van der Waals surface area (Å²) >= 11 is 0. The van der Waals surface area contributed by atoms with Crippen LogP contribution in [0.2, 0.25) is 0 Å². The molecule has 1 N–H and O–H groups in total. The Hall–Kier alpha value is -1.24. The van der Waals surface area contributed by atoms with E-state index in [2.05, 4.69) is 19.1 Å². The van der Waals surface area contributed by atoms with E-state index in [9.17, 15) is 5.11 Å². The Morgan fingerprint density at radius 3 is 2.09 bits per heavy atom. The molecule has 0 unspecified atom stereocenters. The van der Waals surface area contributed by atoms with Gasteiger partial charge >= 0.3 is 0 Å². The highest BCUT2D eigenvalue weighted by Crippen LogP contribution is 2.39. The zero-order valence-corrected chi connectivity index (χ0v) is 14.7. The second kappa shape index (κ2) is 8.04. The van der Waals surface area contributed by atoms with Gasteiger partial charge in [-0.25, -0.2) is 0 Å². The van der Waals surface area contributed by atoms with Crippen LogP contribution in [0.25, 0.3) is 0 Å². The third-order valence-electron chi connectivity index (χ3n) is 5.95. The van der Waals surface area contributed by atoms with Gasteiger partial charge in [-0.15, -0.1) is 0 Å². The smallest absolute Gasteiger partial charge is 0.119 e. The number of phenols is 1. The largest absolute Gasteiger partial charge is 0.508 e.